The first-order valence-corrected chi connectivity index (χ1v) is 14.5. The maximum absolute atomic E-state index is 14.6. The van der Waals surface area contributed by atoms with Crippen molar-refractivity contribution in [1.29, 1.82) is 0 Å². The molecule has 0 aromatic carbocycles. The lowest BCUT2D eigenvalue weighted by molar-refractivity contribution is -0.191. The fraction of sp³-hybridized carbons (Fsp3) is 0.625. The summed E-state index contributed by atoms with van der Waals surface area (Å²) in [7, 11) is 0. The van der Waals surface area contributed by atoms with E-state index in [1.54, 1.807) is 0 Å². The third-order valence-electron chi connectivity index (χ3n) is 7.81. The molecule has 46 heavy (non-hydrogen) atoms. The summed E-state index contributed by atoms with van der Waals surface area (Å²) < 4.78 is 33.7. The van der Waals surface area contributed by atoms with Crippen LogP contribution >= 0.6 is 0 Å². The third-order valence-corrected chi connectivity index (χ3v) is 7.81. The van der Waals surface area contributed by atoms with E-state index < -0.39 is 112 Å². The van der Waals surface area contributed by atoms with Crippen molar-refractivity contribution in [1.82, 2.24) is 0 Å². The standard InChI is InChI=1S/C32H42O14/c1-15-12-13-30(9,10)28(40)26(43-19(5)35)25(42-18(4)34)16(2)24(41-17(3)33)23-29(44-20(6)36)31(11,45-21(7)37)14-32(23,27(15)39)46-22(8)38/h12-13,15,23-26,29H,2,14H2,1,3-11H3/b13-12+/t15-,23?,24+,25+,26-,29-,31-,32-/m1/s1. The molecule has 0 saturated heterocycles. The molecule has 0 heterocycles. The fourth-order valence-electron chi connectivity index (χ4n) is 6.20. The summed E-state index contributed by atoms with van der Waals surface area (Å²) in [5.41, 5.74) is -6.07. The molecular formula is C32H42O14. The molecule has 1 unspecified atom stereocenters. The number of allylic oxidation sites excluding steroid dienone is 2. The molecule has 1 fully saturated rings. The Morgan fingerprint density at radius 1 is 0.674 bits per heavy atom. The summed E-state index contributed by atoms with van der Waals surface area (Å²) in [6, 6.07) is 0. The van der Waals surface area contributed by atoms with Crippen LogP contribution in [-0.4, -0.2) is 83.0 Å². The van der Waals surface area contributed by atoms with Gasteiger partial charge in [-0.1, -0.05) is 25.7 Å². The number of hydrogen-bond donors (Lipinski definition) is 0. The second-order valence-electron chi connectivity index (χ2n) is 12.4. The van der Waals surface area contributed by atoms with Crippen LogP contribution in [0.3, 0.4) is 0 Å². The molecule has 14 nitrogen and oxygen atoms in total. The van der Waals surface area contributed by atoms with Gasteiger partial charge in [-0.25, -0.2) is 0 Å². The van der Waals surface area contributed by atoms with Gasteiger partial charge in [0, 0.05) is 64.9 Å². The normalized spacial score (nSPS) is 33.2. The summed E-state index contributed by atoms with van der Waals surface area (Å²) in [4.78, 5) is 104. The van der Waals surface area contributed by atoms with Crippen molar-refractivity contribution >= 4 is 47.4 Å². The second kappa shape index (κ2) is 14.0. The first-order chi connectivity index (χ1) is 21.0. The van der Waals surface area contributed by atoms with Gasteiger partial charge in [0.15, 0.2) is 35.0 Å². The highest BCUT2D eigenvalue weighted by atomic mass is 16.6. The van der Waals surface area contributed by atoms with Crippen LogP contribution in [-0.2, 0) is 66.8 Å². The Morgan fingerprint density at radius 2 is 1.13 bits per heavy atom. The van der Waals surface area contributed by atoms with E-state index in [1.807, 2.05) is 0 Å². The molecule has 0 aromatic rings. The minimum absolute atomic E-state index is 0.392. The van der Waals surface area contributed by atoms with Crippen LogP contribution in [0.5, 0.6) is 0 Å². The average molecular weight is 651 g/mol. The number of ketones is 2. The molecule has 254 valence electrons. The summed E-state index contributed by atoms with van der Waals surface area (Å²) in [5, 5.41) is 0. The molecule has 0 aliphatic heterocycles. The maximum atomic E-state index is 14.6. The number of hydrogen-bond acceptors (Lipinski definition) is 14. The highest BCUT2D eigenvalue weighted by Gasteiger charge is 2.72. The van der Waals surface area contributed by atoms with Gasteiger partial charge < -0.3 is 28.4 Å². The van der Waals surface area contributed by atoms with Crippen molar-refractivity contribution in [2.45, 2.75) is 111 Å². The lowest BCUT2D eigenvalue weighted by Crippen LogP contribution is -2.58. The second-order valence-corrected chi connectivity index (χ2v) is 12.4. The molecule has 2 aliphatic rings. The van der Waals surface area contributed by atoms with Gasteiger partial charge in [-0.05, 0) is 20.8 Å². The van der Waals surface area contributed by atoms with E-state index in [0.29, 0.717) is 0 Å². The zero-order valence-corrected chi connectivity index (χ0v) is 27.7. The van der Waals surface area contributed by atoms with Crippen molar-refractivity contribution in [3.63, 3.8) is 0 Å². The number of carbonyl (C=O) groups is 8. The van der Waals surface area contributed by atoms with Crippen molar-refractivity contribution in [3.8, 4) is 0 Å². The fourth-order valence-corrected chi connectivity index (χ4v) is 6.20. The zero-order chi connectivity index (χ0) is 35.5. The Balaban J connectivity index is 3.21. The van der Waals surface area contributed by atoms with Crippen LogP contribution in [0, 0.1) is 17.3 Å². The summed E-state index contributed by atoms with van der Waals surface area (Å²) in [6.45, 7) is 15.9. The molecule has 0 amide bonds. The van der Waals surface area contributed by atoms with Crippen LogP contribution in [0.1, 0.15) is 75.7 Å². The van der Waals surface area contributed by atoms with Crippen molar-refractivity contribution < 1.29 is 66.8 Å². The molecule has 0 radical (unpaired) electrons. The first-order valence-electron chi connectivity index (χ1n) is 14.5. The third kappa shape index (κ3) is 8.07. The Hall–Kier alpha value is -4.36. The molecule has 1 saturated carbocycles. The van der Waals surface area contributed by atoms with Crippen molar-refractivity contribution in [2.24, 2.45) is 17.3 Å². The predicted molar refractivity (Wildman–Crippen MR) is 156 cm³/mol. The van der Waals surface area contributed by atoms with E-state index in [0.717, 1.165) is 41.5 Å². The SMILES string of the molecule is C=C1[C@H](OC(C)=O)C2[C@@H](OC(C)=O)[C@](C)(OC(C)=O)C[C@]2(OC(C)=O)C(=O)[C@H](C)/C=C/C(C)(C)C(=O)[C@H](OC(C)=O)[C@H]1OC(C)=O. The number of rotatable bonds is 6. The maximum Gasteiger partial charge on any atom is 0.303 e. The van der Waals surface area contributed by atoms with E-state index >= 15 is 0 Å². The van der Waals surface area contributed by atoms with Gasteiger partial charge in [0.1, 0.15) is 6.10 Å². The Kier molecular flexibility index (Phi) is 11.5. The number of fused-ring (bicyclic) bond motifs is 1. The van der Waals surface area contributed by atoms with E-state index in [4.69, 9.17) is 28.4 Å². The highest BCUT2D eigenvalue weighted by Crippen LogP contribution is 2.54. The quantitative estimate of drug-likeness (QED) is 0.231. The van der Waals surface area contributed by atoms with E-state index in [2.05, 4.69) is 6.58 Å². The number of esters is 6. The molecule has 8 atom stereocenters. The largest absolute Gasteiger partial charge is 0.458 e. The van der Waals surface area contributed by atoms with Gasteiger partial charge in [-0.15, -0.1) is 0 Å². The molecular weight excluding hydrogens is 608 g/mol. The van der Waals surface area contributed by atoms with Gasteiger partial charge in [0.2, 0.25) is 6.10 Å². The molecule has 2 rings (SSSR count). The van der Waals surface area contributed by atoms with Crippen LogP contribution < -0.4 is 0 Å². The van der Waals surface area contributed by atoms with Crippen LogP contribution in [0.15, 0.2) is 24.3 Å². The van der Waals surface area contributed by atoms with Crippen LogP contribution in [0.25, 0.3) is 0 Å². The zero-order valence-electron chi connectivity index (χ0n) is 27.7. The molecule has 14 heteroatoms. The van der Waals surface area contributed by atoms with Gasteiger partial charge in [0.05, 0.1) is 5.92 Å². The van der Waals surface area contributed by atoms with Crippen molar-refractivity contribution in [3.05, 3.63) is 24.3 Å². The molecule has 0 bridgehead atoms. The lowest BCUT2D eigenvalue weighted by atomic mass is 9.72. The van der Waals surface area contributed by atoms with Gasteiger partial charge in [-0.3, -0.25) is 38.4 Å². The van der Waals surface area contributed by atoms with Gasteiger partial charge in [0.25, 0.3) is 0 Å². The van der Waals surface area contributed by atoms with Crippen LogP contribution in [0.4, 0.5) is 0 Å². The van der Waals surface area contributed by atoms with Crippen LogP contribution in [0.2, 0.25) is 0 Å². The average Bonchev–Trinajstić information content (AvgIpc) is 3.11. The summed E-state index contributed by atoms with van der Waals surface area (Å²) in [6.07, 6.45) is -5.02. The summed E-state index contributed by atoms with van der Waals surface area (Å²) in [5.74, 6) is -9.97. The minimum atomic E-state index is -2.34. The Labute approximate surface area is 267 Å². The monoisotopic (exact) mass is 650 g/mol. The molecule has 0 aromatic heterocycles. The lowest BCUT2D eigenvalue weighted by Gasteiger charge is -2.42. The number of ether oxygens (including phenoxy) is 6. The number of Topliss-reactive ketones (excluding diaryl/α,β-unsaturated/α-hetero) is 2. The highest BCUT2D eigenvalue weighted by molar-refractivity contribution is 5.95. The Bertz CT molecular complexity index is 1360. The molecule has 0 N–H and O–H groups in total. The van der Waals surface area contributed by atoms with E-state index in [1.165, 1.54) is 39.8 Å². The van der Waals surface area contributed by atoms with E-state index in [9.17, 15) is 38.4 Å². The smallest absolute Gasteiger partial charge is 0.303 e. The van der Waals surface area contributed by atoms with Gasteiger partial charge >= 0.3 is 35.8 Å². The van der Waals surface area contributed by atoms with Gasteiger partial charge in [-0.2, -0.15) is 0 Å². The predicted octanol–water partition coefficient (Wildman–Crippen LogP) is 2.28. The number of carbonyl (C=O) groups excluding carboxylic acids is 8. The summed E-state index contributed by atoms with van der Waals surface area (Å²) >= 11 is 0. The molecule has 2 aliphatic carbocycles. The first kappa shape index (κ1) is 37.8. The molecule has 0 spiro atoms. The minimum Gasteiger partial charge on any atom is -0.458 e. The Morgan fingerprint density at radius 3 is 1.59 bits per heavy atom. The topological polar surface area (TPSA) is 192 Å². The van der Waals surface area contributed by atoms with E-state index in [-0.39, 0.29) is 0 Å². The van der Waals surface area contributed by atoms with Crippen molar-refractivity contribution in [2.75, 3.05) is 0 Å².